The molecule has 0 saturated heterocycles. The Morgan fingerprint density at radius 3 is 1.89 bits per heavy atom. The first-order valence-corrected chi connectivity index (χ1v) is 8.89. The quantitative estimate of drug-likeness (QED) is 0.343. The fourth-order valence-electron chi connectivity index (χ4n) is 2.24. The van der Waals surface area contributed by atoms with Crippen LogP contribution in [0.25, 0.3) is 0 Å². The number of hydrogen-bond donors (Lipinski definition) is 0. The van der Waals surface area contributed by atoms with Crippen LogP contribution in [0.4, 0.5) is 0 Å². The van der Waals surface area contributed by atoms with Crippen molar-refractivity contribution in [2.45, 2.75) is 84.5 Å². The van der Waals surface area contributed by atoms with Crippen molar-refractivity contribution >= 4 is 11.4 Å². The van der Waals surface area contributed by atoms with E-state index >= 15 is 0 Å². The zero-order valence-corrected chi connectivity index (χ0v) is 13.5. The van der Waals surface area contributed by atoms with Crippen molar-refractivity contribution in [2.24, 2.45) is 5.92 Å². The zero-order chi connectivity index (χ0) is 14.3. The summed E-state index contributed by atoms with van der Waals surface area (Å²) < 4.78 is 25.0. The highest BCUT2D eigenvalue weighted by Gasteiger charge is 2.02. The molecule has 0 aliphatic carbocycles. The van der Waals surface area contributed by atoms with E-state index in [-0.39, 0.29) is 0 Å². The molecule has 0 amide bonds. The lowest BCUT2D eigenvalue weighted by atomic mass is 10.0. The molecule has 19 heavy (non-hydrogen) atoms. The van der Waals surface area contributed by atoms with Crippen LogP contribution in [0.15, 0.2) is 0 Å². The van der Waals surface area contributed by atoms with Crippen LogP contribution in [-0.4, -0.2) is 15.4 Å². The highest BCUT2D eigenvalue weighted by molar-refractivity contribution is 7.74. The molecular weight excluding hydrogens is 260 g/mol. The number of rotatable bonds is 14. The van der Waals surface area contributed by atoms with Crippen LogP contribution in [0.1, 0.15) is 84.5 Å². The minimum atomic E-state index is -2.35. The van der Waals surface area contributed by atoms with Gasteiger partial charge in [0.2, 0.25) is 0 Å². The summed E-state index contributed by atoms with van der Waals surface area (Å²) in [7, 11) is 0. The van der Waals surface area contributed by atoms with E-state index in [4.69, 9.17) is 0 Å². The molecule has 0 aliphatic rings. The van der Waals surface area contributed by atoms with Crippen molar-refractivity contribution in [1.82, 2.24) is 0 Å². The molecular formula is C15H31O3S-. The lowest BCUT2D eigenvalue weighted by molar-refractivity contribution is 0.244. The van der Waals surface area contributed by atoms with Gasteiger partial charge in [0.15, 0.2) is 0 Å². The Balaban J connectivity index is 3.11. The number of unbranched alkanes of at least 4 members (excludes halogenated alkanes) is 9. The van der Waals surface area contributed by atoms with Crippen molar-refractivity contribution < 1.29 is 12.9 Å². The summed E-state index contributed by atoms with van der Waals surface area (Å²) >= 11 is -2.35. The van der Waals surface area contributed by atoms with Gasteiger partial charge in [0, 0.05) is 0 Å². The average molecular weight is 291 g/mol. The lowest BCUT2D eigenvalue weighted by Gasteiger charge is -2.12. The molecule has 0 bridgehead atoms. The van der Waals surface area contributed by atoms with Crippen LogP contribution in [0.2, 0.25) is 0 Å². The van der Waals surface area contributed by atoms with Crippen LogP contribution in [-0.2, 0) is 15.5 Å². The van der Waals surface area contributed by atoms with Crippen molar-refractivity contribution in [3.63, 3.8) is 0 Å². The van der Waals surface area contributed by atoms with Gasteiger partial charge >= 0.3 is 0 Å². The van der Waals surface area contributed by atoms with Gasteiger partial charge < -0.3 is 8.74 Å². The molecule has 0 aromatic carbocycles. The second-order valence-electron chi connectivity index (χ2n) is 5.56. The van der Waals surface area contributed by atoms with Gasteiger partial charge in [-0.3, -0.25) is 0 Å². The first kappa shape index (κ1) is 19.1. The van der Waals surface area contributed by atoms with E-state index in [0.717, 1.165) is 6.42 Å². The zero-order valence-electron chi connectivity index (χ0n) is 12.7. The first-order valence-electron chi connectivity index (χ1n) is 7.89. The summed E-state index contributed by atoms with van der Waals surface area (Å²) in [5.41, 5.74) is 0. The Kier molecular flexibility index (Phi) is 14.5. The maximum absolute atomic E-state index is 10.2. The Hall–Kier alpha value is 0.0700. The van der Waals surface area contributed by atoms with Gasteiger partial charge in [-0.25, -0.2) is 4.21 Å². The molecule has 4 heteroatoms. The van der Waals surface area contributed by atoms with Gasteiger partial charge in [-0.2, -0.15) is 0 Å². The van der Waals surface area contributed by atoms with Gasteiger partial charge in [-0.05, 0) is 12.3 Å². The third-order valence-electron chi connectivity index (χ3n) is 3.50. The Morgan fingerprint density at radius 1 is 0.947 bits per heavy atom. The minimum Gasteiger partial charge on any atom is -0.750 e. The third kappa shape index (κ3) is 16.0. The molecule has 0 saturated carbocycles. The van der Waals surface area contributed by atoms with Crippen LogP contribution < -0.4 is 0 Å². The molecule has 116 valence electrons. The second-order valence-corrected chi connectivity index (χ2v) is 6.21. The Labute approximate surface area is 122 Å². The summed E-state index contributed by atoms with van der Waals surface area (Å²) in [5, 5.41) is 0. The Bertz CT molecular complexity index is 210. The second kappa shape index (κ2) is 14.5. The summed E-state index contributed by atoms with van der Waals surface area (Å²) in [6.07, 6.45) is 14.4. The highest BCUT2D eigenvalue weighted by atomic mass is 32.2. The molecule has 0 spiro atoms. The van der Waals surface area contributed by atoms with Crippen LogP contribution >= 0.6 is 0 Å². The van der Waals surface area contributed by atoms with E-state index in [1.807, 2.05) is 6.92 Å². The van der Waals surface area contributed by atoms with E-state index in [0.29, 0.717) is 12.5 Å². The molecule has 0 aromatic heterocycles. The molecule has 0 aliphatic heterocycles. The minimum absolute atomic E-state index is 0.327. The fraction of sp³-hybridized carbons (Fsp3) is 1.00. The monoisotopic (exact) mass is 291 g/mol. The maximum atomic E-state index is 10.2. The van der Waals surface area contributed by atoms with Crippen molar-refractivity contribution in [1.29, 1.82) is 0 Å². The molecule has 0 rings (SSSR count). The molecule has 0 aromatic rings. The van der Waals surface area contributed by atoms with E-state index < -0.39 is 11.4 Å². The lowest BCUT2D eigenvalue weighted by Crippen LogP contribution is -2.07. The van der Waals surface area contributed by atoms with Crippen LogP contribution in [0, 0.1) is 5.92 Å². The van der Waals surface area contributed by atoms with Crippen LogP contribution in [0.3, 0.4) is 0 Å². The SMILES string of the molecule is CCCCCCCCCCCCC(C)COS(=O)[O-]. The van der Waals surface area contributed by atoms with Gasteiger partial charge in [0.05, 0.1) is 18.0 Å². The topological polar surface area (TPSA) is 49.4 Å². The summed E-state index contributed by atoms with van der Waals surface area (Å²) in [6.45, 7) is 4.62. The van der Waals surface area contributed by atoms with Gasteiger partial charge in [-0.15, -0.1) is 0 Å². The van der Waals surface area contributed by atoms with E-state index in [1.165, 1.54) is 64.2 Å². The molecule has 2 unspecified atom stereocenters. The van der Waals surface area contributed by atoms with Gasteiger partial charge in [-0.1, -0.05) is 78.1 Å². The molecule has 0 heterocycles. The standard InChI is InChI=1S/C15H32O3S/c1-3-4-5-6-7-8-9-10-11-12-13-15(2)14-18-19(16)17/h15H,3-14H2,1-2H3,(H,16,17)/p-1. The molecule has 3 nitrogen and oxygen atoms in total. The predicted molar refractivity (Wildman–Crippen MR) is 80.5 cm³/mol. The van der Waals surface area contributed by atoms with E-state index in [1.54, 1.807) is 0 Å². The van der Waals surface area contributed by atoms with Gasteiger partial charge in [0.1, 0.15) is 0 Å². The molecule has 0 fully saturated rings. The third-order valence-corrected chi connectivity index (χ3v) is 3.83. The normalized spacial score (nSPS) is 14.5. The van der Waals surface area contributed by atoms with Gasteiger partial charge in [0.25, 0.3) is 0 Å². The van der Waals surface area contributed by atoms with E-state index in [9.17, 15) is 8.76 Å². The highest BCUT2D eigenvalue weighted by Crippen LogP contribution is 2.14. The van der Waals surface area contributed by atoms with E-state index in [2.05, 4.69) is 11.1 Å². The largest absolute Gasteiger partial charge is 0.750 e. The predicted octanol–water partition coefficient (Wildman–Crippen LogP) is 4.74. The first-order chi connectivity index (χ1) is 9.16. The molecule has 0 N–H and O–H groups in total. The molecule has 0 radical (unpaired) electrons. The van der Waals surface area contributed by atoms with Crippen molar-refractivity contribution in [2.75, 3.05) is 6.61 Å². The molecule has 2 atom stereocenters. The summed E-state index contributed by atoms with van der Waals surface area (Å²) in [5.74, 6) is 0.340. The maximum Gasteiger partial charge on any atom is 0.0842 e. The Morgan fingerprint density at radius 2 is 1.42 bits per heavy atom. The average Bonchev–Trinajstić information content (AvgIpc) is 2.38. The summed E-state index contributed by atoms with van der Waals surface area (Å²) in [6, 6.07) is 0. The van der Waals surface area contributed by atoms with Crippen molar-refractivity contribution in [3.8, 4) is 0 Å². The van der Waals surface area contributed by atoms with Crippen molar-refractivity contribution in [3.05, 3.63) is 0 Å². The van der Waals surface area contributed by atoms with Crippen LogP contribution in [0.5, 0.6) is 0 Å². The fourth-order valence-corrected chi connectivity index (χ4v) is 2.58. The summed E-state index contributed by atoms with van der Waals surface area (Å²) in [4.78, 5) is 0. The smallest absolute Gasteiger partial charge is 0.0842 e. The number of hydrogen-bond acceptors (Lipinski definition) is 3.